The zero-order chi connectivity index (χ0) is 27.5. The largest absolute Gasteiger partial charge is 0.329 e. The van der Waals surface area contributed by atoms with E-state index in [9.17, 15) is 4.79 Å². The summed E-state index contributed by atoms with van der Waals surface area (Å²) < 4.78 is 0. The van der Waals surface area contributed by atoms with E-state index in [1.165, 1.54) is 0 Å². The second-order valence-electron chi connectivity index (χ2n) is 9.68. The molecule has 0 fully saturated rings. The Morgan fingerprint density at radius 1 is 0.775 bits per heavy atom. The van der Waals surface area contributed by atoms with Crippen molar-refractivity contribution in [2.24, 2.45) is 4.99 Å². The number of amides is 1. The van der Waals surface area contributed by atoms with Crippen molar-refractivity contribution in [2.75, 3.05) is 10.6 Å². The van der Waals surface area contributed by atoms with Gasteiger partial charge >= 0.3 is 0 Å². The highest BCUT2D eigenvalue weighted by molar-refractivity contribution is 6.08. The van der Waals surface area contributed by atoms with Crippen LogP contribution in [0, 0.1) is 6.92 Å². The number of nitrogens with zero attached hydrogens (tertiary/aromatic N) is 3. The Kier molecular flexibility index (Phi) is 6.77. The topological polar surface area (TPSA) is 91.3 Å². The van der Waals surface area contributed by atoms with E-state index in [1.54, 1.807) is 0 Å². The number of nitrogens with one attached hydrogen (secondary N) is 3. The summed E-state index contributed by atoms with van der Waals surface area (Å²) in [6.45, 7) is 3.92. The molecule has 7 heteroatoms. The number of fused-ring (bicyclic) bond motifs is 1. The molecule has 0 spiro atoms. The number of hydrogen-bond acceptors (Lipinski definition) is 6. The van der Waals surface area contributed by atoms with Crippen LogP contribution in [0.15, 0.2) is 125 Å². The van der Waals surface area contributed by atoms with Gasteiger partial charge in [0.15, 0.2) is 0 Å². The van der Waals surface area contributed by atoms with Gasteiger partial charge in [-0.05, 0) is 37.6 Å². The molecule has 40 heavy (non-hydrogen) atoms. The van der Waals surface area contributed by atoms with Gasteiger partial charge in [-0.15, -0.1) is 0 Å². The van der Waals surface area contributed by atoms with E-state index in [0.717, 1.165) is 39.0 Å². The lowest BCUT2D eigenvalue weighted by Crippen LogP contribution is -2.37. The fraction of sp³-hybridized carbons (Fsp3) is 0.0909. The van der Waals surface area contributed by atoms with Gasteiger partial charge in [-0.3, -0.25) is 10.1 Å². The van der Waals surface area contributed by atoms with Gasteiger partial charge in [0.05, 0.1) is 16.8 Å². The van der Waals surface area contributed by atoms with Crippen LogP contribution in [0.5, 0.6) is 0 Å². The van der Waals surface area contributed by atoms with Crippen molar-refractivity contribution in [2.45, 2.75) is 19.9 Å². The van der Waals surface area contributed by atoms with Crippen LogP contribution in [0.4, 0.5) is 11.6 Å². The van der Waals surface area contributed by atoms with E-state index < -0.39 is 6.04 Å². The molecule has 1 unspecified atom stereocenters. The van der Waals surface area contributed by atoms with Gasteiger partial charge in [0.2, 0.25) is 11.9 Å². The molecule has 4 aromatic carbocycles. The van der Waals surface area contributed by atoms with Gasteiger partial charge in [0, 0.05) is 22.3 Å². The lowest BCUT2D eigenvalue weighted by Gasteiger charge is -2.27. The normalized spacial score (nSPS) is 14.8. The SMILES string of the molecule is CC1=C(C(=O)Nc2ccccc2)C(c2ccc(C)cc2)N=C(Nc2nc(-c3ccccc3)c3ccccc3n2)N1. The smallest absolute Gasteiger partial charge is 0.255 e. The van der Waals surface area contributed by atoms with Crippen LogP contribution in [-0.4, -0.2) is 21.8 Å². The van der Waals surface area contributed by atoms with Crippen molar-refractivity contribution in [1.82, 2.24) is 15.3 Å². The van der Waals surface area contributed by atoms with Gasteiger partial charge < -0.3 is 10.6 Å². The van der Waals surface area contributed by atoms with Crippen LogP contribution in [-0.2, 0) is 4.79 Å². The van der Waals surface area contributed by atoms with Crippen LogP contribution in [0.3, 0.4) is 0 Å². The summed E-state index contributed by atoms with van der Waals surface area (Å²) in [5.41, 5.74) is 6.65. The van der Waals surface area contributed by atoms with Gasteiger partial charge in [0.1, 0.15) is 6.04 Å². The van der Waals surface area contributed by atoms with Crippen molar-refractivity contribution in [1.29, 1.82) is 0 Å². The number of benzene rings is 4. The van der Waals surface area contributed by atoms with Crippen molar-refractivity contribution >= 4 is 34.4 Å². The molecule has 7 nitrogen and oxygen atoms in total. The summed E-state index contributed by atoms with van der Waals surface area (Å²) in [6, 6.07) is 35.0. The third-order valence-corrected chi connectivity index (χ3v) is 6.79. The van der Waals surface area contributed by atoms with E-state index in [4.69, 9.17) is 15.0 Å². The predicted molar refractivity (Wildman–Crippen MR) is 161 cm³/mol. The molecule has 1 aliphatic heterocycles. The molecule has 0 bridgehead atoms. The number of aryl methyl sites for hydroxylation is 1. The predicted octanol–water partition coefficient (Wildman–Crippen LogP) is 6.63. The van der Waals surface area contributed by atoms with E-state index >= 15 is 0 Å². The number of guanidine groups is 1. The second kappa shape index (κ2) is 10.8. The number of aromatic nitrogens is 2. The molecule has 0 saturated heterocycles. The molecule has 1 atom stereocenters. The first kappa shape index (κ1) is 25.0. The Morgan fingerprint density at radius 2 is 1.45 bits per heavy atom. The van der Waals surface area contributed by atoms with Crippen LogP contribution in [0.2, 0.25) is 0 Å². The molecule has 2 heterocycles. The first-order valence-electron chi connectivity index (χ1n) is 13.1. The molecule has 196 valence electrons. The molecule has 0 saturated carbocycles. The zero-order valence-corrected chi connectivity index (χ0v) is 22.2. The van der Waals surface area contributed by atoms with Crippen molar-refractivity contribution < 1.29 is 4.79 Å². The molecule has 0 radical (unpaired) electrons. The lowest BCUT2D eigenvalue weighted by atomic mass is 9.95. The highest BCUT2D eigenvalue weighted by Gasteiger charge is 2.30. The highest BCUT2D eigenvalue weighted by atomic mass is 16.1. The number of carbonyl (C=O) groups excluding carboxylic acids is 1. The van der Waals surface area contributed by atoms with Crippen molar-refractivity contribution in [3.8, 4) is 11.3 Å². The van der Waals surface area contributed by atoms with Gasteiger partial charge in [-0.25, -0.2) is 15.0 Å². The summed E-state index contributed by atoms with van der Waals surface area (Å²) >= 11 is 0. The summed E-state index contributed by atoms with van der Waals surface area (Å²) in [5, 5.41) is 10.5. The minimum atomic E-state index is -0.526. The Labute approximate surface area is 232 Å². The summed E-state index contributed by atoms with van der Waals surface area (Å²) in [5.74, 6) is 0.669. The zero-order valence-electron chi connectivity index (χ0n) is 22.2. The lowest BCUT2D eigenvalue weighted by molar-refractivity contribution is -0.113. The number of aliphatic imine (C=N–C) groups is 1. The summed E-state index contributed by atoms with van der Waals surface area (Å²) in [7, 11) is 0. The molecule has 5 aromatic rings. The van der Waals surface area contributed by atoms with Crippen molar-refractivity contribution in [3.05, 3.63) is 132 Å². The average molecular weight is 525 g/mol. The minimum Gasteiger partial charge on any atom is -0.329 e. The Morgan fingerprint density at radius 3 is 2.20 bits per heavy atom. The Bertz CT molecular complexity index is 1750. The number of para-hydroxylation sites is 2. The first-order valence-corrected chi connectivity index (χ1v) is 13.1. The number of hydrogen-bond donors (Lipinski definition) is 3. The number of allylic oxidation sites excluding steroid dienone is 1. The maximum atomic E-state index is 13.5. The van der Waals surface area contributed by atoms with Crippen LogP contribution in [0.1, 0.15) is 24.1 Å². The minimum absolute atomic E-state index is 0.210. The Balaban J connectivity index is 1.37. The van der Waals surface area contributed by atoms with E-state index in [1.807, 2.05) is 123 Å². The van der Waals surface area contributed by atoms with Gasteiger partial charge in [0.25, 0.3) is 5.91 Å². The third kappa shape index (κ3) is 5.17. The molecule has 3 N–H and O–H groups in total. The molecule has 0 aliphatic carbocycles. The summed E-state index contributed by atoms with van der Waals surface area (Å²) in [4.78, 5) is 28.1. The average Bonchev–Trinajstić information content (AvgIpc) is 2.98. The quantitative estimate of drug-likeness (QED) is 0.240. The molecular weight excluding hydrogens is 496 g/mol. The van der Waals surface area contributed by atoms with Crippen molar-refractivity contribution in [3.63, 3.8) is 0 Å². The van der Waals surface area contributed by atoms with Gasteiger partial charge in [-0.1, -0.05) is 96.6 Å². The highest BCUT2D eigenvalue weighted by Crippen LogP contribution is 2.32. The maximum Gasteiger partial charge on any atom is 0.255 e. The molecule has 6 rings (SSSR count). The monoisotopic (exact) mass is 524 g/mol. The van der Waals surface area contributed by atoms with E-state index in [-0.39, 0.29) is 5.91 Å². The maximum absolute atomic E-state index is 13.5. The fourth-order valence-electron chi connectivity index (χ4n) is 4.80. The molecular formula is C33H28N6O. The van der Waals surface area contributed by atoms with E-state index in [0.29, 0.717) is 23.2 Å². The molecule has 1 aromatic heterocycles. The van der Waals surface area contributed by atoms with Crippen LogP contribution < -0.4 is 16.0 Å². The third-order valence-electron chi connectivity index (χ3n) is 6.79. The number of rotatable bonds is 5. The fourth-order valence-corrected chi connectivity index (χ4v) is 4.80. The number of anilines is 2. The Hall–Kier alpha value is -5.30. The second-order valence-corrected chi connectivity index (χ2v) is 9.68. The van der Waals surface area contributed by atoms with Crippen LogP contribution >= 0.6 is 0 Å². The molecule has 1 amide bonds. The first-order chi connectivity index (χ1) is 19.5. The summed E-state index contributed by atoms with van der Waals surface area (Å²) in [6.07, 6.45) is 0. The standard InChI is InChI=1S/C33H28N6O/c1-21-17-19-24(20-18-21)30-28(31(40)35-25-13-7-4-8-14-25)22(2)34-32(38-30)39-33-36-27-16-10-9-15-26(27)29(37-33)23-11-5-3-6-12-23/h3-20,30H,1-2H3,(H,35,40)(H2,34,36,37,38,39). The van der Waals surface area contributed by atoms with Gasteiger partial charge in [-0.2, -0.15) is 0 Å². The number of carbonyl (C=O) groups is 1. The molecule has 1 aliphatic rings. The van der Waals surface area contributed by atoms with E-state index in [2.05, 4.69) is 16.0 Å². The van der Waals surface area contributed by atoms with Crippen LogP contribution in [0.25, 0.3) is 22.2 Å².